The van der Waals surface area contributed by atoms with Crippen LogP contribution < -0.4 is 0 Å². The highest BCUT2D eigenvalue weighted by Crippen LogP contribution is 2.10. The number of nitrogens with zero attached hydrogens (tertiary/aromatic N) is 2. The van der Waals surface area contributed by atoms with Gasteiger partial charge in [0.2, 0.25) is 5.82 Å². The topological polar surface area (TPSA) is 52.1 Å². The van der Waals surface area contributed by atoms with Crippen molar-refractivity contribution < 1.29 is 9.53 Å². The molecule has 0 amide bonds. The Kier molecular flexibility index (Phi) is 3.56. The lowest BCUT2D eigenvalue weighted by Crippen LogP contribution is -2.11. The van der Waals surface area contributed by atoms with Crippen molar-refractivity contribution in [2.45, 2.75) is 26.7 Å². The fourth-order valence-electron chi connectivity index (χ4n) is 0.988. The molecule has 0 saturated heterocycles. The molecule has 0 saturated carbocycles. The summed E-state index contributed by atoms with van der Waals surface area (Å²) < 4.78 is 4.80. The van der Waals surface area contributed by atoms with Crippen molar-refractivity contribution in [3.63, 3.8) is 0 Å². The number of esters is 1. The molecule has 1 aromatic rings. The summed E-state index contributed by atoms with van der Waals surface area (Å²) in [6.07, 6.45) is 1.58. The van der Waals surface area contributed by atoms with Crippen molar-refractivity contribution in [2.75, 3.05) is 6.61 Å². The Bertz CT molecular complexity index is 324. The van der Waals surface area contributed by atoms with Gasteiger partial charge in [0.05, 0.1) is 6.61 Å². The number of ether oxygens (including phenoxy) is 1. The summed E-state index contributed by atoms with van der Waals surface area (Å²) in [6, 6.07) is 1.80. The molecule has 1 rings (SSSR count). The van der Waals surface area contributed by atoms with Crippen LogP contribution in [-0.2, 0) is 4.74 Å². The average Bonchev–Trinajstić information content (AvgIpc) is 2.18. The molecule has 0 aromatic carbocycles. The zero-order valence-corrected chi connectivity index (χ0v) is 8.65. The molecular weight excluding hydrogens is 180 g/mol. The minimum Gasteiger partial charge on any atom is -0.460 e. The third kappa shape index (κ3) is 2.52. The molecule has 1 aromatic heterocycles. The first kappa shape index (κ1) is 10.6. The highest BCUT2D eigenvalue weighted by Gasteiger charge is 2.11. The standard InChI is InChI=1S/C10H14N2O2/c1-4-14-10(13)9-11-6-5-8(12-9)7(2)3/h5-7H,4H2,1-3H3. The van der Waals surface area contributed by atoms with E-state index in [2.05, 4.69) is 9.97 Å². The molecule has 0 radical (unpaired) electrons. The van der Waals surface area contributed by atoms with Gasteiger partial charge in [-0.2, -0.15) is 0 Å². The van der Waals surface area contributed by atoms with Crippen molar-refractivity contribution in [3.8, 4) is 0 Å². The van der Waals surface area contributed by atoms with E-state index in [-0.39, 0.29) is 11.7 Å². The molecule has 0 aliphatic heterocycles. The first-order chi connectivity index (χ1) is 6.65. The van der Waals surface area contributed by atoms with Crippen molar-refractivity contribution in [2.24, 2.45) is 0 Å². The maximum Gasteiger partial charge on any atom is 0.376 e. The average molecular weight is 194 g/mol. The minimum atomic E-state index is -0.463. The van der Waals surface area contributed by atoms with E-state index in [1.165, 1.54) is 0 Å². The lowest BCUT2D eigenvalue weighted by Gasteiger charge is -2.05. The largest absolute Gasteiger partial charge is 0.460 e. The lowest BCUT2D eigenvalue weighted by molar-refractivity contribution is 0.0511. The van der Waals surface area contributed by atoms with Crippen molar-refractivity contribution in [1.29, 1.82) is 0 Å². The van der Waals surface area contributed by atoms with E-state index in [4.69, 9.17) is 4.74 Å². The molecule has 0 bridgehead atoms. The SMILES string of the molecule is CCOC(=O)c1nccc(C(C)C)n1. The second-order valence-electron chi connectivity index (χ2n) is 3.18. The Balaban J connectivity index is 2.88. The highest BCUT2D eigenvalue weighted by atomic mass is 16.5. The number of carbonyl (C=O) groups is 1. The fourth-order valence-corrected chi connectivity index (χ4v) is 0.988. The molecule has 76 valence electrons. The third-order valence-electron chi connectivity index (χ3n) is 1.73. The van der Waals surface area contributed by atoms with Gasteiger partial charge in [0, 0.05) is 11.9 Å². The smallest absolute Gasteiger partial charge is 0.376 e. The summed E-state index contributed by atoms with van der Waals surface area (Å²) in [5, 5.41) is 0. The number of aromatic nitrogens is 2. The van der Waals surface area contributed by atoms with Gasteiger partial charge >= 0.3 is 5.97 Å². The molecule has 0 spiro atoms. The number of hydrogen-bond acceptors (Lipinski definition) is 4. The van der Waals surface area contributed by atoms with Crippen LogP contribution in [0.5, 0.6) is 0 Å². The van der Waals surface area contributed by atoms with Gasteiger partial charge in [-0.05, 0) is 18.9 Å². The lowest BCUT2D eigenvalue weighted by atomic mass is 10.1. The summed E-state index contributed by atoms with van der Waals surface area (Å²) in [5.41, 5.74) is 0.850. The van der Waals surface area contributed by atoms with E-state index in [1.54, 1.807) is 19.2 Å². The van der Waals surface area contributed by atoms with Crippen LogP contribution >= 0.6 is 0 Å². The van der Waals surface area contributed by atoms with E-state index in [0.29, 0.717) is 6.61 Å². The van der Waals surface area contributed by atoms with Crippen LogP contribution in [0.15, 0.2) is 12.3 Å². The van der Waals surface area contributed by atoms with Gasteiger partial charge in [-0.15, -0.1) is 0 Å². The fraction of sp³-hybridized carbons (Fsp3) is 0.500. The van der Waals surface area contributed by atoms with Crippen molar-refractivity contribution in [1.82, 2.24) is 9.97 Å². The summed E-state index contributed by atoms with van der Waals surface area (Å²) >= 11 is 0. The number of carbonyl (C=O) groups excluding carboxylic acids is 1. The Morgan fingerprint density at radius 3 is 2.86 bits per heavy atom. The molecule has 0 fully saturated rings. The van der Waals surface area contributed by atoms with E-state index >= 15 is 0 Å². The summed E-state index contributed by atoms with van der Waals surface area (Å²) in [7, 11) is 0. The van der Waals surface area contributed by atoms with Gasteiger partial charge in [-0.3, -0.25) is 0 Å². The van der Waals surface area contributed by atoms with Crippen molar-refractivity contribution in [3.05, 3.63) is 23.8 Å². The van der Waals surface area contributed by atoms with Crippen molar-refractivity contribution >= 4 is 5.97 Å². The summed E-state index contributed by atoms with van der Waals surface area (Å²) in [5.74, 6) is -0.0424. The Morgan fingerprint density at radius 2 is 2.29 bits per heavy atom. The summed E-state index contributed by atoms with van der Waals surface area (Å²) in [4.78, 5) is 19.2. The van der Waals surface area contributed by atoms with Crippen LogP contribution in [0.2, 0.25) is 0 Å². The maximum absolute atomic E-state index is 11.3. The van der Waals surface area contributed by atoms with E-state index < -0.39 is 5.97 Å². The molecule has 0 unspecified atom stereocenters. The second-order valence-corrected chi connectivity index (χ2v) is 3.18. The van der Waals surface area contributed by atoms with E-state index in [0.717, 1.165) is 5.69 Å². The van der Waals surface area contributed by atoms with E-state index in [1.807, 2.05) is 13.8 Å². The molecule has 0 aliphatic carbocycles. The number of hydrogen-bond donors (Lipinski definition) is 0. The Labute approximate surface area is 83.3 Å². The molecule has 0 aliphatic rings. The van der Waals surface area contributed by atoms with Gasteiger partial charge in [0.25, 0.3) is 0 Å². The van der Waals surface area contributed by atoms with Gasteiger partial charge in [0.15, 0.2) is 0 Å². The Hall–Kier alpha value is -1.45. The third-order valence-corrected chi connectivity index (χ3v) is 1.73. The van der Waals surface area contributed by atoms with Crippen LogP contribution in [0.1, 0.15) is 43.0 Å². The monoisotopic (exact) mass is 194 g/mol. The molecule has 4 heteroatoms. The minimum absolute atomic E-state index is 0.137. The van der Waals surface area contributed by atoms with Crippen LogP contribution in [-0.4, -0.2) is 22.5 Å². The zero-order valence-electron chi connectivity index (χ0n) is 8.65. The van der Waals surface area contributed by atoms with Crippen LogP contribution in [0, 0.1) is 0 Å². The first-order valence-electron chi connectivity index (χ1n) is 4.65. The van der Waals surface area contributed by atoms with E-state index in [9.17, 15) is 4.79 Å². The predicted octanol–water partition coefficient (Wildman–Crippen LogP) is 1.78. The van der Waals surface area contributed by atoms with Gasteiger partial charge < -0.3 is 4.74 Å². The quantitative estimate of drug-likeness (QED) is 0.688. The number of rotatable bonds is 3. The molecule has 14 heavy (non-hydrogen) atoms. The van der Waals surface area contributed by atoms with Crippen LogP contribution in [0.25, 0.3) is 0 Å². The first-order valence-corrected chi connectivity index (χ1v) is 4.65. The highest BCUT2D eigenvalue weighted by molar-refractivity contribution is 5.85. The molecule has 0 atom stereocenters. The van der Waals surface area contributed by atoms with Gasteiger partial charge in [0.1, 0.15) is 0 Å². The summed E-state index contributed by atoms with van der Waals surface area (Å²) in [6.45, 7) is 6.12. The molecular formula is C10H14N2O2. The normalized spacial score (nSPS) is 10.3. The van der Waals surface area contributed by atoms with Gasteiger partial charge in [-0.25, -0.2) is 14.8 Å². The zero-order chi connectivity index (χ0) is 10.6. The van der Waals surface area contributed by atoms with Gasteiger partial charge in [-0.1, -0.05) is 13.8 Å². The second kappa shape index (κ2) is 4.69. The predicted molar refractivity (Wildman–Crippen MR) is 52.1 cm³/mol. The molecule has 4 nitrogen and oxygen atoms in total. The maximum atomic E-state index is 11.3. The molecule has 1 heterocycles. The van der Waals surface area contributed by atoms with Crippen LogP contribution in [0.4, 0.5) is 0 Å². The Morgan fingerprint density at radius 1 is 1.57 bits per heavy atom. The van der Waals surface area contributed by atoms with Crippen LogP contribution in [0.3, 0.4) is 0 Å². The molecule has 0 N–H and O–H groups in total.